The number of rotatable bonds is 5. The van der Waals surface area contributed by atoms with E-state index in [4.69, 9.17) is 18.8 Å². The van der Waals surface area contributed by atoms with Crippen molar-refractivity contribution in [1.82, 2.24) is 0 Å². The number of fused-ring (bicyclic) bond motifs is 2. The Hall–Kier alpha value is -4.52. The lowest BCUT2D eigenvalue weighted by Gasteiger charge is -2.32. The number of anilines is 4. The molecule has 12 heteroatoms. The molecule has 4 aromatic rings. The summed E-state index contributed by atoms with van der Waals surface area (Å²) in [5.41, 5.74) is 5.81. The zero-order chi connectivity index (χ0) is 35.6. The van der Waals surface area contributed by atoms with E-state index in [2.05, 4.69) is 26.6 Å². The molecule has 0 atom stereocenters. The normalized spacial score (nSPS) is 16.6. The minimum absolute atomic E-state index is 0.121. The summed E-state index contributed by atoms with van der Waals surface area (Å²) >= 11 is 3.38. The van der Waals surface area contributed by atoms with E-state index in [-0.39, 0.29) is 23.3 Å². The number of hydrogen-bond donors (Lipinski definition) is 2. The average Bonchev–Trinajstić information content (AvgIpc) is 3.78. The Kier molecular flexibility index (Phi) is 10.2. The first-order chi connectivity index (χ1) is 23.9. The van der Waals surface area contributed by atoms with Crippen molar-refractivity contribution in [3.8, 4) is 11.5 Å². The zero-order valence-electron chi connectivity index (χ0n) is 29.2. The number of ether oxygens (including phenoxy) is 2. The number of methoxy groups -OCH3 is 2. The second-order valence-corrected chi connectivity index (χ2v) is 14.3. The number of amides is 4. The fraction of sp³-hybridized carbons (Fsp3) is 0.316. The molecule has 3 aliphatic rings. The van der Waals surface area contributed by atoms with E-state index in [0.717, 1.165) is 62.6 Å². The Balaban J connectivity index is 0.000000182. The van der Waals surface area contributed by atoms with Crippen molar-refractivity contribution in [2.75, 3.05) is 47.7 Å². The van der Waals surface area contributed by atoms with E-state index in [9.17, 15) is 9.59 Å². The summed E-state index contributed by atoms with van der Waals surface area (Å²) in [6.45, 7) is 9.47. The molecule has 0 aromatic heterocycles. The molecule has 7 rings (SSSR count). The summed E-state index contributed by atoms with van der Waals surface area (Å²) in [5, 5.41) is 5.89. The quantitative estimate of drug-likeness (QED) is 0.204. The van der Waals surface area contributed by atoms with Gasteiger partial charge >= 0.3 is 19.2 Å². The Morgan fingerprint density at radius 1 is 0.680 bits per heavy atom. The van der Waals surface area contributed by atoms with Crippen molar-refractivity contribution in [1.29, 1.82) is 0 Å². The highest BCUT2D eigenvalue weighted by Gasteiger charge is 2.51. The number of hydrogen-bond acceptors (Lipinski definition) is 6. The molecule has 0 bridgehead atoms. The van der Waals surface area contributed by atoms with Crippen LogP contribution in [0.5, 0.6) is 11.5 Å². The summed E-state index contributed by atoms with van der Waals surface area (Å²) in [6, 6.07) is 26.6. The lowest BCUT2D eigenvalue weighted by Crippen LogP contribution is -2.41. The second kappa shape index (κ2) is 14.4. The van der Waals surface area contributed by atoms with Gasteiger partial charge in [-0.3, -0.25) is 9.80 Å². The maximum atomic E-state index is 12.8. The number of carbonyl (C=O) groups is 2. The van der Waals surface area contributed by atoms with Gasteiger partial charge in [-0.15, -0.1) is 0 Å². The standard InChI is InChI=1S/C22H27BN2O4.C16H15BrN2O2/c1-21(2)22(3,4)29-23(28-21)16-7-9-17(10-8-16)24-20(26)25-13-12-15-6-11-18(27-5)14-19(15)25;1-21-14-7-2-11-8-9-19(15(11)10-14)16(20)18-13-5-3-12(17)4-6-13/h6-11,14H,12-13H2,1-5H3,(H,24,26);2-7,10H,8-9H2,1H3,(H,18,20). The number of nitrogens with one attached hydrogen (secondary N) is 2. The number of halogens is 1. The Bertz CT molecular complexity index is 1850. The van der Waals surface area contributed by atoms with Gasteiger partial charge in [-0.05, 0) is 106 Å². The molecule has 0 unspecified atom stereocenters. The van der Waals surface area contributed by atoms with Crippen LogP contribution in [-0.4, -0.2) is 57.7 Å². The third-order valence-electron chi connectivity index (χ3n) is 9.65. The summed E-state index contributed by atoms with van der Waals surface area (Å²) in [4.78, 5) is 28.7. The molecule has 0 aliphatic carbocycles. The molecule has 1 saturated heterocycles. The molecule has 260 valence electrons. The molecule has 2 N–H and O–H groups in total. The molecule has 50 heavy (non-hydrogen) atoms. The van der Waals surface area contributed by atoms with Gasteiger partial charge in [-0.25, -0.2) is 9.59 Å². The Morgan fingerprint density at radius 3 is 1.52 bits per heavy atom. The van der Waals surface area contributed by atoms with Crippen LogP contribution in [0.4, 0.5) is 32.3 Å². The largest absolute Gasteiger partial charge is 0.497 e. The van der Waals surface area contributed by atoms with Crippen LogP contribution in [0, 0.1) is 0 Å². The van der Waals surface area contributed by atoms with E-state index >= 15 is 0 Å². The van der Waals surface area contributed by atoms with E-state index in [1.54, 1.807) is 24.0 Å². The van der Waals surface area contributed by atoms with Crippen LogP contribution in [0.25, 0.3) is 0 Å². The monoisotopic (exact) mass is 740 g/mol. The SMILES string of the molecule is COc1ccc2c(c1)N(C(=O)Nc1ccc(B3OC(C)(C)C(C)(C)O3)cc1)CC2.COc1ccc2c(c1)N(C(=O)Nc1ccc(Br)cc1)CC2. The van der Waals surface area contributed by atoms with Crippen molar-refractivity contribution in [3.63, 3.8) is 0 Å². The highest BCUT2D eigenvalue weighted by atomic mass is 79.9. The van der Waals surface area contributed by atoms with Crippen LogP contribution >= 0.6 is 15.9 Å². The minimum Gasteiger partial charge on any atom is -0.497 e. The number of benzene rings is 4. The van der Waals surface area contributed by atoms with Crippen LogP contribution in [0.3, 0.4) is 0 Å². The molecule has 3 heterocycles. The summed E-state index contributed by atoms with van der Waals surface area (Å²) in [7, 11) is 2.84. The second-order valence-electron chi connectivity index (χ2n) is 13.4. The highest BCUT2D eigenvalue weighted by molar-refractivity contribution is 9.10. The van der Waals surface area contributed by atoms with Crippen LogP contribution in [0.2, 0.25) is 0 Å². The Labute approximate surface area is 302 Å². The van der Waals surface area contributed by atoms with Crippen LogP contribution in [-0.2, 0) is 22.2 Å². The lowest BCUT2D eigenvalue weighted by molar-refractivity contribution is 0.00578. The van der Waals surface area contributed by atoms with Crippen molar-refractivity contribution < 1.29 is 28.4 Å². The van der Waals surface area contributed by atoms with Crippen molar-refractivity contribution >= 4 is 63.3 Å². The first-order valence-corrected chi connectivity index (χ1v) is 17.4. The number of urea groups is 2. The van der Waals surface area contributed by atoms with Gasteiger partial charge in [0.05, 0.1) is 36.8 Å². The molecular formula is C38H42BBrN4O6. The van der Waals surface area contributed by atoms with E-state index in [1.807, 2.05) is 113 Å². The first kappa shape index (κ1) is 35.3. The number of carbonyl (C=O) groups excluding carboxylic acids is 2. The highest BCUT2D eigenvalue weighted by Crippen LogP contribution is 2.37. The van der Waals surface area contributed by atoms with Gasteiger partial charge in [0.1, 0.15) is 11.5 Å². The summed E-state index contributed by atoms with van der Waals surface area (Å²) in [5.74, 6) is 1.51. The summed E-state index contributed by atoms with van der Waals surface area (Å²) < 4.78 is 23.7. The van der Waals surface area contributed by atoms with Crippen LogP contribution < -0.4 is 35.4 Å². The van der Waals surface area contributed by atoms with Gasteiger partial charge in [0.15, 0.2) is 0 Å². The van der Waals surface area contributed by atoms with Gasteiger partial charge < -0.3 is 29.4 Å². The molecule has 3 aliphatic heterocycles. The molecule has 4 aromatic carbocycles. The average molecular weight is 741 g/mol. The third kappa shape index (κ3) is 7.47. The fourth-order valence-corrected chi connectivity index (χ4v) is 6.28. The maximum Gasteiger partial charge on any atom is 0.494 e. The van der Waals surface area contributed by atoms with Gasteiger partial charge in [0, 0.05) is 41.1 Å². The van der Waals surface area contributed by atoms with Gasteiger partial charge in [0.25, 0.3) is 0 Å². The Morgan fingerprint density at radius 2 is 1.10 bits per heavy atom. The van der Waals surface area contributed by atoms with Gasteiger partial charge in [-0.2, -0.15) is 0 Å². The smallest absolute Gasteiger partial charge is 0.494 e. The topological polar surface area (TPSA) is 102 Å². The fourth-order valence-electron chi connectivity index (χ4n) is 6.01. The first-order valence-electron chi connectivity index (χ1n) is 16.6. The van der Waals surface area contributed by atoms with E-state index in [1.165, 1.54) is 5.56 Å². The van der Waals surface area contributed by atoms with Crippen LogP contribution in [0.1, 0.15) is 38.8 Å². The van der Waals surface area contributed by atoms with Gasteiger partial charge in [-0.1, -0.05) is 40.2 Å². The number of nitrogens with zero attached hydrogens (tertiary/aromatic N) is 2. The van der Waals surface area contributed by atoms with Crippen LogP contribution in [0.15, 0.2) is 89.4 Å². The molecule has 4 amide bonds. The molecule has 1 fully saturated rings. The predicted octanol–water partition coefficient (Wildman–Crippen LogP) is 7.64. The van der Waals surface area contributed by atoms with Crippen molar-refractivity contribution in [2.24, 2.45) is 0 Å². The summed E-state index contributed by atoms with van der Waals surface area (Å²) in [6.07, 6.45) is 1.71. The van der Waals surface area contributed by atoms with Crippen molar-refractivity contribution in [3.05, 3.63) is 101 Å². The third-order valence-corrected chi connectivity index (χ3v) is 10.2. The molecule has 0 spiro atoms. The maximum absolute atomic E-state index is 12.8. The molecular weight excluding hydrogens is 699 g/mol. The van der Waals surface area contributed by atoms with E-state index < -0.39 is 7.12 Å². The molecule has 0 radical (unpaired) electrons. The molecule has 10 nitrogen and oxygen atoms in total. The zero-order valence-corrected chi connectivity index (χ0v) is 30.8. The minimum atomic E-state index is -0.414. The van der Waals surface area contributed by atoms with Crippen molar-refractivity contribution in [2.45, 2.75) is 51.7 Å². The van der Waals surface area contributed by atoms with E-state index in [0.29, 0.717) is 13.1 Å². The van der Waals surface area contributed by atoms with Gasteiger partial charge in [0.2, 0.25) is 0 Å². The lowest BCUT2D eigenvalue weighted by atomic mass is 9.79. The molecule has 0 saturated carbocycles. The predicted molar refractivity (Wildman–Crippen MR) is 202 cm³/mol.